The molecule has 0 N–H and O–H groups in total. The molecule has 1 atom stereocenters. The summed E-state index contributed by atoms with van der Waals surface area (Å²) in [6, 6.07) is 11.5. The second-order valence-electron chi connectivity index (χ2n) is 5.24. The second-order valence-corrected chi connectivity index (χ2v) is 6.81. The third kappa shape index (κ3) is 3.90. The molecule has 2 heterocycles. The summed E-state index contributed by atoms with van der Waals surface area (Å²) in [6.45, 7) is 4.63. The number of rotatable bonds is 5. The van der Waals surface area contributed by atoms with Crippen molar-refractivity contribution in [1.82, 2.24) is 14.9 Å². The summed E-state index contributed by atoms with van der Waals surface area (Å²) >= 11 is 0. The lowest BCUT2D eigenvalue weighted by atomic mass is 10.3. The van der Waals surface area contributed by atoms with Crippen molar-refractivity contribution in [3.63, 3.8) is 0 Å². The predicted octanol–water partition coefficient (Wildman–Crippen LogP) is 1.41. The van der Waals surface area contributed by atoms with E-state index in [9.17, 15) is 4.21 Å². The van der Waals surface area contributed by atoms with E-state index in [0.717, 1.165) is 43.6 Å². The zero-order chi connectivity index (χ0) is 15.2. The van der Waals surface area contributed by atoms with Crippen LogP contribution in [0, 0.1) is 0 Å². The molecule has 1 aromatic heterocycles. The van der Waals surface area contributed by atoms with Crippen LogP contribution in [-0.2, 0) is 10.8 Å². The van der Waals surface area contributed by atoms with Crippen molar-refractivity contribution in [1.29, 1.82) is 0 Å². The van der Waals surface area contributed by atoms with Gasteiger partial charge in [-0.15, -0.1) is 0 Å². The molecule has 116 valence electrons. The molecule has 0 bridgehead atoms. The van der Waals surface area contributed by atoms with Gasteiger partial charge in [0.15, 0.2) is 0 Å². The van der Waals surface area contributed by atoms with Gasteiger partial charge in [0.25, 0.3) is 0 Å². The van der Waals surface area contributed by atoms with Crippen molar-refractivity contribution in [2.45, 2.75) is 4.90 Å². The maximum Gasteiger partial charge on any atom is 0.225 e. The number of benzene rings is 1. The summed E-state index contributed by atoms with van der Waals surface area (Å²) in [4.78, 5) is 14.1. The smallest absolute Gasteiger partial charge is 0.225 e. The Labute approximate surface area is 133 Å². The van der Waals surface area contributed by atoms with Crippen molar-refractivity contribution in [3.8, 4) is 0 Å². The van der Waals surface area contributed by atoms with Gasteiger partial charge in [-0.05, 0) is 18.2 Å². The van der Waals surface area contributed by atoms with Crippen molar-refractivity contribution in [2.24, 2.45) is 0 Å². The Morgan fingerprint density at radius 2 is 1.64 bits per heavy atom. The summed E-state index contributed by atoms with van der Waals surface area (Å²) < 4.78 is 12.2. The first-order valence-electron chi connectivity index (χ1n) is 7.51. The maximum absolute atomic E-state index is 12.2. The second kappa shape index (κ2) is 7.47. The van der Waals surface area contributed by atoms with Gasteiger partial charge in [-0.2, -0.15) is 0 Å². The van der Waals surface area contributed by atoms with E-state index in [1.54, 1.807) is 12.4 Å². The molecule has 0 aliphatic carbocycles. The lowest BCUT2D eigenvalue weighted by molar-refractivity contribution is 0.271. The van der Waals surface area contributed by atoms with E-state index >= 15 is 0 Å². The van der Waals surface area contributed by atoms with E-state index < -0.39 is 10.8 Å². The molecule has 1 fully saturated rings. The molecular weight excluding hydrogens is 296 g/mol. The number of piperazine rings is 1. The molecule has 0 saturated carbocycles. The third-order valence-electron chi connectivity index (χ3n) is 3.81. The van der Waals surface area contributed by atoms with Crippen LogP contribution in [0.5, 0.6) is 0 Å². The molecule has 0 radical (unpaired) electrons. The van der Waals surface area contributed by atoms with E-state index in [1.165, 1.54) is 0 Å². The van der Waals surface area contributed by atoms with Gasteiger partial charge in [-0.25, -0.2) is 9.97 Å². The first-order valence-corrected chi connectivity index (χ1v) is 8.82. The summed E-state index contributed by atoms with van der Waals surface area (Å²) in [5, 5.41) is 0. The lowest BCUT2D eigenvalue weighted by Gasteiger charge is -2.34. The first-order chi connectivity index (χ1) is 10.8. The lowest BCUT2D eigenvalue weighted by Crippen LogP contribution is -2.47. The fraction of sp³-hybridized carbons (Fsp3) is 0.375. The minimum Gasteiger partial charge on any atom is -0.338 e. The van der Waals surface area contributed by atoms with Crippen LogP contribution in [0.15, 0.2) is 53.7 Å². The molecule has 2 aromatic rings. The summed E-state index contributed by atoms with van der Waals surface area (Å²) in [5.41, 5.74) is 0. The van der Waals surface area contributed by atoms with Gasteiger partial charge in [0.1, 0.15) is 0 Å². The highest BCUT2D eigenvalue weighted by Crippen LogP contribution is 2.10. The van der Waals surface area contributed by atoms with Crippen LogP contribution in [0.2, 0.25) is 0 Å². The Kier molecular flexibility index (Phi) is 5.13. The van der Waals surface area contributed by atoms with Crippen LogP contribution >= 0.6 is 0 Å². The topological polar surface area (TPSA) is 49.3 Å². The quantitative estimate of drug-likeness (QED) is 0.835. The third-order valence-corrected chi connectivity index (χ3v) is 5.16. The van der Waals surface area contributed by atoms with E-state index in [4.69, 9.17) is 0 Å². The molecule has 5 nitrogen and oxygen atoms in total. The van der Waals surface area contributed by atoms with Crippen LogP contribution in [0.4, 0.5) is 5.95 Å². The molecule has 6 heteroatoms. The van der Waals surface area contributed by atoms with Gasteiger partial charge in [0.05, 0.1) is 10.8 Å². The summed E-state index contributed by atoms with van der Waals surface area (Å²) in [7, 11) is -0.910. The van der Waals surface area contributed by atoms with Crippen LogP contribution in [0.25, 0.3) is 0 Å². The Hall–Kier alpha value is -1.79. The van der Waals surface area contributed by atoms with Crippen LogP contribution < -0.4 is 4.90 Å². The van der Waals surface area contributed by atoms with E-state index in [0.29, 0.717) is 5.75 Å². The van der Waals surface area contributed by atoms with Gasteiger partial charge >= 0.3 is 0 Å². The number of aromatic nitrogens is 2. The fourth-order valence-electron chi connectivity index (χ4n) is 2.53. The SMILES string of the molecule is O=[S@@](CCN1CCN(c2ncccn2)CC1)c1ccccc1. The average molecular weight is 316 g/mol. The van der Waals surface area contributed by atoms with Crippen LogP contribution in [0.1, 0.15) is 0 Å². The van der Waals surface area contributed by atoms with Gasteiger partial charge in [-0.1, -0.05) is 18.2 Å². The van der Waals surface area contributed by atoms with Gasteiger partial charge < -0.3 is 4.90 Å². The fourth-order valence-corrected chi connectivity index (χ4v) is 3.65. The highest BCUT2D eigenvalue weighted by atomic mass is 32.2. The number of hydrogen-bond donors (Lipinski definition) is 0. The van der Waals surface area contributed by atoms with E-state index in [1.807, 2.05) is 36.4 Å². The van der Waals surface area contributed by atoms with Crippen LogP contribution in [0.3, 0.4) is 0 Å². The zero-order valence-electron chi connectivity index (χ0n) is 12.5. The van der Waals surface area contributed by atoms with Gasteiger partial charge in [-0.3, -0.25) is 9.11 Å². The molecule has 0 amide bonds. The number of hydrogen-bond acceptors (Lipinski definition) is 5. The largest absolute Gasteiger partial charge is 0.338 e. The van der Waals surface area contributed by atoms with Gasteiger partial charge in [0, 0.05) is 55.8 Å². The molecular formula is C16H20N4OS. The molecule has 0 unspecified atom stereocenters. The molecule has 1 aliphatic heterocycles. The predicted molar refractivity (Wildman–Crippen MR) is 88.4 cm³/mol. The molecule has 1 aliphatic rings. The van der Waals surface area contributed by atoms with E-state index in [2.05, 4.69) is 19.8 Å². The Bertz CT molecular complexity index is 600. The first kappa shape index (κ1) is 15.1. The molecule has 1 saturated heterocycles. The van der Waals surface area contributed by atoms with Crippen LogP contribution in [-0.4, -0.2) is 57.6 Å². The summed E-state index contributed by atoms with van der Waals surface area (Å²) in [5.74, 6) is 1.49. The highest BCUT2D eigenvalue weighted by Gasteiger charge is 2.19. The molecule has 22 heavy (non-hydrogen) atoms. The van der Waals surface area contributed by atoms with E-state index in [-0.39, 0.29) is 0 Å². The Morgan fingerprint density at radius 3 is 2.32 bits per heavy atom. The van der Waals surface area contributed by atoms with Crippen molar-refractivity contribution in [2.75, 3.05) is 43.4 Å². The monoisotopic (exact) mass is 316 g/mol. The van der Waals surface area contributed by atoms with Crippen molar-refractivity contribution in [3.05, 3.63) is 48.8 Å². The minimum atomic E-state index is -0.910. The molecule has 1 aromatic carbocycles. The average Bonchev–Trinajstić information content (AvgIpc) is 2.61. The molecule has 3 rings (SSSR count). The molecule has 0 spiro atoms. The van der Waals surface area contributed by atoms with Gasteiger partial charge in [0.2, 0.25) is 5.95 Å². The standard InChI is InChI=1S/C16H20N4OS/c21-22(15-5-2-1-3-6-15)14-13-19-9-11-20(12-10-19)16-17-7-4-8-18-16/h1-8H,9-14H2/t22-/m0/s1. The van der Waals surface area contributed by atoms with Crippen molar-refractivity contribution >= 4 is 16.7 Å². The minimum absolute atomic E-state index is 0.686. The Morgan fingerprint density at radius 1 is 0.955 bits per heavy atom. The van der Waals surface area contributed by atoms with Crippen molar-refractivity contribution < 1.29 is 4.21 Å². The highest BCUT2D eigenvalue weighted by molar-refractivity contribution is 7.85. The number of anilines is 1. The Balaban J connectivity index is 1.45. The summed E-state index contributed by atoms with van der Waals surface area (Å²) in [6.07, 6.45) is 3.55. The maximum atomic E-state index is 12.2. The normalized spacial score (nSPS) is 17.4. The zero-order valence-corrected chi connectivity index (χ0v) is 13.3. The number of nitrogens with zero attached hydrogens (tertiary/aromatic N) is 4.